The Morgan fingerprint density at radius 3 is 2.46 bits per heavy atom. The third-order valence-corrected chi connectivity index (χ3v) is 4.33. The topological polar surface area (TPSA) is 43.8 Å². The van der Waals surface area contributed by atoms with Crippen LogP contribution in [0.2, 0.25) is 0 Å². The Labute approximate surface area is 141 Å². The summed E-state index contributed by atoms with van der Waals surface area (Å²) >= 11 is 0. The van der Waals surface area contributed by atoms with Crippen LogP contribution in [0.15, 0.2) is 79.1 Å². The van der Waals surface area contributed by atoms with Crippen molar-refractivity contribution in [2.75, 3.05) is 0 Å². The van der Waals surface area contributed by atoms with Crippen LogP contribution < -0.4 is 5.73 Å². The number of rotatable bonds is 3. The standard InChI is InChI=1S/C21H19N3/c1-15(22)17-10-11-21-20(13-17)23-14-24(21)19-9-5-8-18(12-19)16-6-3-2-4-7-16/h2-15H,22H2,1H3/t15-/m0/s1. The van der Waals surface area contributed by atoms with E-state index in [4.69, 9.17) is 5.73 Å². The molecule has 24 heavy (non-hydrogen) atoms. The molecule has 1 heterocycles. The summed E-state index contributed by atoms with van der Waals surface area (Å²) in [4.78, 5) is 4.55. The van der Waals surface area contributed by atoms with Gasteiger partial charge in [-0.2, -0.15) is 0 Å². The fourth-order valence-electron chi connectivity index (χ4n) is 2.98. The highest BCUT2D eigenvalue weighted by molar-refractivity contribution is 5.79. The quantitative estimate of drug-likeness (QED) is 0.595. The van der Waals surface area contributed by atoms with E-state index in [1.807, 2.05) is 19.3 Å². The van der Waals surface area contributed by atoms with Crippen molar-refractivity contribution in [3.05, 3.63) is 84.7 Å². The summed E-state index contributed by atoms with van der Waals surface area (Å²) in [6, 6.07) is 25.2. The van der Waals surface area contributed by atoms with Gasteiger partial charge >= 0.3 is 0 Å². The number of aromatic nitrogens is 2. The van der Waals surface area contributed by atoms with E-state index in [0.29, 0.717) is 0 Å². The van der Waals surface area contributed by atoms with Crippen LogP contribution in [0.1, 0.15) is 18.5 Å². The molecule has 3 heteroatoms. The minimum Gasteiger partial charge on any atom is -0.324 e. The summed E-state index contributed by atoms with van der Waals surface area (Å²) in [5.41, 5.74) is 12.6. The van der Waals surface area contributed by atoms with Gasteiger partial charge in [-0.05, 0) is 47.9 Å². The molecule has 0 amide bonds. The van der Waals surface area contributed by atoms with Crippen molar-refractivity contribution in [1.29, 1.82) is 0 Å². The van der Waals surface area contributed by atoms with Crippen molar-refractivity contribution in [2.45, 2.75) is 13.0 Å². The average molecular weight is 313 g/mol. The van der Waals surface area contributed by atoms with E-state index in [0.717, 1.165) is 22.3 Å². The summed E-state index contributed by atoms with van der Waals surface area (Å²) in [5, 5.41) is 0. The van der Waals surface area contributed by atoms with Crippen LogP contribution in [0.3, 0.4) is 0 Å². The van der Waals surface area contributed by atoms with Crippen molar-refractivity contribution in [1.82, 2.24) is 9.55 Å². The summed E-state index contributed by atoms with van der Waals surface area (Å²) in [6.07, 6.45) is 1.87. The molecule has 0 bridgehead atoms. The van der Waals surface area contributed by atoms with Gasteiger partial charge < -0.3 is 5.73 Å². The maximum absolute atomic E-state index is 5.97. The zero-order valence-corrected chi connectivity index (χ0v) is 13.6. The van der Waals surface area contributed by atoms with E-state index in [1.54, 1.807) is 0 Å². The van der Waals surface area contributed by atoms with Crippen LogP contribution in [0.4, 0.5) is 0 Å². The largest absolute Gasteiger partial charge is 0.324 e. The molecular weight excluding hydrogens is 294 g/mol. The molecule has 4 rings (SSSR count). The van der Waals surface area contributed by atoms with Crippen molar-refractivity contribution < 1.29 is 0 Å². The molecule has 0 saturated heterocycles. The minimum absolute atomic E-state index is 0.0148. The van der Waals surface area contributed by atoms with E-state index in [-0.39, 0.29) is 6.04 Å². The molecule has 4 aromatic rings. The summed E-state index contributed by atoms with van der Waals surface area (Å²) < 4.78 is 2.12. The van der Waals surface area contributed by atoms with Crippen molar-refractivity contribution in [3.8, 4) is 16.8 Å². The zero-order valence-electron chi connectivity index (χ0n) is 13.6. The van der Waals surface area contributed by atoms with Gasteiger partial charge in [0, 0.05) is 11.7 Å². The van der Waals surface area contributed by atoms with Gasteiger partial charge in [0.15, 0.2) is 0 Å². The van der Waals surface area contributed by atoms with Crippen LogP contribution in [-0.2, 0) is 0 Å². The molecule has 1 aromatic heterocycles. The number of hydrogen-bond donors (Lipinski definition) is 1. The number of fused-ring (bicyclic) bond motifs is 1. The molecule has 2 N–H and O–H groups in total. The molecule has 0 unspecified atom stereocenters. The summed E-state index contributed by atoms with van der Waals surface area (Å²) in [7, 11) is 0. The molecule has 118 valence electrons. The highest BCUT2D eigenvalue weighted by Gasteiger charge is 2.08. The normalized spacial score (nSPS) is 12.4. The molecule has 0 aliphatic heterocycles. The Hall–Kier alpha value is -2.91. The third-order valence-electron chi connectivity index (χ3n) is 4.33. The molecule has 0 saturated carbocycles. The molecule has 0 aliphatic carbocycles. The highest BCUT2D eigenvalue weighted by atomic mass is 15.0. The van der Waals surface area contributed by atoms with Gasteiger partial charge in [0.25, 0.3) is 0 Å². The van der Waals surface area contributed by atoms with Crippen molar-refractivity contribution >= 4 is 11.0 Å². The van der Waals surface area contributed by atoms with E-state index in [2.05, 4.69) is 76.3 Å². The highest BCUT2D eigenvalue weighted by Crippen LogP contribution is 2.25. The maximum Gasteiger partial charge on any atom is 0.100 e. The second-order valence-corrected chi connectivity index (χ2v) is 6.07. The maximum atomic E-state index is 5.97. The van der Waals surface area contributed by atoms with E-state index >= 15 is 0 Å². The van der Waals surface area contributed by atoms with Crippen LogP contribution in [0.5, 0.6) is 0 Å². The average Bonchev–Trinajstić information content (AvgIpc) is 3.06. The van der Waals surface area contributed by atoms with E-state index in [1.165, 1.54) is 11.1 Å². The Kier molecular flexibility index (Phi) is 3.63. The smallest absolute Gasteiger partial charge is 0.100 e. The number of nitrogens with two attached hydrogens (primary N) is 1. The monoisotopic (exact) mass is 313 g/mol. The molecule has 1 atom stereocenters. The van der Waals surface area contributed by atoms with Gasteiger partial charge in [-0.15, -0.1) is 0 Å². The number of nitrogens with zero attached hydrogens (tertiary/aromatic N) is 2. The first kappa shape index (κ1) is 14.7. The lowest BCUT2D eigenvalue weighted by atomic mass is 10.1. The van der Waals surface area contributed by atoms with Gasteiger partial charge in [-0.3, -0.25) is 4.57 Å². The zero-order chi connectivity index (χ0) is 16.5. The van der Waals surface area contributed by atoms with Crippen molar-refractivity contribution in [3.63, 3.8) is 0 Å². The minimum atomic E-state index is 0.0148. The predicted octanol–water partition coefficient (Wildman–Crippen LogP) is 4.71. The van der Waals surface area contributed by atoms with Crippen LogP contribution in [0, 0.1) is 0 Å². The number of benzene rings is 3. The second kappa shape index (κ2) is 5.95. The molecule has 0 aliphatic rings. The Morgan fingerprint density at radius 2 is 1.67 bits per heavy atom. The van der Waals surface area contributed by atoms with Gasteiger partial charge in [-0.25, -0.2) is 4.98 Å². The predicted molar refractivity (Wildman–Crippen MR) is 99.1 cm³/mol. The molecule has 0 spiro atoms. The van der Waals surface area contributed by atoms with Gasteiger partial charge in [0.2, 0.25) is 0 Å². The SMILES string of the molecule is C[C@H](N)c1ccc2c(c1)ncn2-c1cccc(-c2ccccc2)c1. The molecule has 0 radical (unpaired) electrons. The molecule has 3 nitrogen and oxygen atoms in total. The lowest BCUT2D eigenvalue weighted by molar-refractivity contribution is 0.819. The lowest BCUT2D eigenvalue weighted by Crippen LogP contribution is -2.04. The number of imidazole rings is 1. The first-order chi connectivity index (χ1) is 11.7. The molecular formula is C21H19N3. The first-order valence-corrected chi connectivity index (χ1v) is 8.11. The van der Waals surface area contributed by atoms with E-state index < -0.39 is 0 Å². The third kappa shape index (κ3) is 2.59. The van der Waals surface area contributed by atoms with Crippen LogP contribution >= 0.6 is 0 Å². The lowest BCUT2D eigenvalue weighted by Gasteiger charge is -2.09. The Balaban J connectivity index is 1.81. The van der Waals surface area contributed by atoms with Crippen LogP contribution in [0.25, 0.3) is 27.8 Å². The van der Waals surface area contributed by atoms with Crippen LogP contribution in [-0.4, -0.2) is 9.55 Å². The molecule has 3 aromatic carbocycles. The van der Waals surface area contributed by atoms with Crippen molar-refractivity contribution in [2.24, 2.45) is 5.73 Å². The number of hydrogen-bond acceptors (Lipinski definition) is 2. The Morgan fingerprint density at radius 1 is 0.875 bits per heavy atom. The van der Waals surface area contributed by atoms with Gasteiger partial charge in [0.05, 0.1) is 11.0 Å². The first-order valence-electron chi connectivity index (χ1n) is 8.11. The van der Waals surface area contributed by atoms with Gasteiger partial charge in [-0.1, -0.05) is 48.5 Å². The summed E-state index contributed by atoms with van der Waals surface area (Å²) in [5.74, 6) is 0. The van der Waals surface area contributed by atoms with Gasteiger partial charge in [0.1, 0.15) is 6.33 Å². The Bertz CT molecular complexity index is 984. The second-order valence-electron chi connectivity index (χ2n) is 6.07. The summed E-state index contributed by atoms with van der Waals surface area (Å²) in [6.45, 7) is 1.99. The fraction of sp³-hybridized carbons (Fsp3) is 0.0952. The molecule has 0 fully saturated rings. The van der Waals surface area contributed by atoms with E-state index in [9.17, 15) is 0 Å². The fourth-order valence-corrected chi connectivity index (χ4v) is 2.98.